The van der Waals surface area contributed by atoms with Crippen molar-refractivity contribution in [3.05, 3.63) is 56.9 Å². The van der Waals surface area contributed by atoms with E-state index < -0.39 is 11.7 Å². The lowest BCUT2D eigenvalue weighted by atomic mass is 10.1. The van der Waals surface area contributed by atoms with E-state index in [4.69, 9.17) is 33.2 Å². The molecule has 7 nitrogen and oxygen atoms in total. The Morgan fingerprint density at radius 3 is 2.38 bits per heavy atom. The first kappa shape index (κ1) is 33.5. The van der Waals surface area contributed by atoms with Crippen LogP contribution in [-0.2, 0) is 0 Å². The van der Waals surface area contributed by atoms with Gasteiger partial charge < -0.3 is 9.80 Å². The minimum absolute atomic E-state index is 0.0792. The Kier molecular flexibility index (Phi) is 13.3. The SMILES string of the molecule is C=NC(=N/C(=N\CN(C)CCN(CC)C1=C(C(F)(F)F)C=CCC=N1)C1=C(C)C=CCC(Cl)=C1Cl)N(CC)CC. The molecule has 1 heterocycles. The first-order chi connectivity index (χ1) is 19.0. The lowest BCUT2D eigenvalue weighted by Crippen LogP contribution is -2.34. The molecule has 1 aliphatic heterocycles. The number of guanidine groups is 1. The second-order valence-electron chi connectivity index (χ2n) is 9.09. The van der Waals surface area contributed by atoms with Crippen LogP contribution < -0.4 is 0 Å². The van der Waals surface area contributed by atoms with Crippen LogP contribution in [-0.4, -0.2) is 92.0 Å². The zero-order valence-electron chi connectivity index (χ0n) is 23.8. The van der Waals surface area contributed by atoms with Crippen LogP contribution in [0.15, 0.2) is 76.9 Å². The Hall–Kier alpha value is -2.69. The van der Waals surface area contributed by atoms with Crippen LogP contribution in [0.2, 0.25) is 0 Å². The maximum atomic E-state index is 13.7. The number of allylic oxidation sites excluding steroid dienone is 7. The normalized spacial score (nSPS) is 17.2. The second kappa shape index (κ2) is 15.9. The molecule has 0 atom stereocenters. The lowest BCUT2D eigenvalue weighted by molar-refractivity contribution is -0.0903. The fourth-order valence-electron chi connectivity index (χ4n) is 4.04. The average molecular weight is 601 g/mol. The third-order valence-corrected chi connectivity index (χ3v) is 7.17. The summed E-state index contributed by atoms with van der Waals surface area (Å²) in [6.07, 6.45) is 4.24. The molecule has 0 aromatic heterocycles. The largest absolute Gasteiger partial charge is 0.419 e. The molecule has 0 aromatic carbocycles. The number of likely N-dealkylation sites (N-methyl/N-ethyl adjacent to an activating group) is 2. The molecule has 40 heavy (non-hydrogen) atoms. The van der Waals surface area contributed by atoms with Crippen molar-refractivity contribution in [2.75, 3.05) is 46.4 Å². The minimum atomic E-state index is -4.50. The molecular formula is C28H38Cl2F3N7. The van der Waals surface area contributed by atoms with Crippen molar-refractivity contribution in [2.24, 2.45) is 20.0 Å². The predicted octanol–water partition coefficient (Wildman–Crippen LogP) is 6.76. The van der Waals surface area contributed by atoms with E-state index in [2.05, 4.69) is 16.7 Å². The van der Waals surface area contributed by atoms with Gasteiger partial charge in [0.05, 0.1) is 17.3 Å². The first-order valence-corrected chi connectivity index (χ1v) is 13.9. The van der Waals surface area contributed by atoms with Gasteiger partial charge in [-0.2, -0.15) is 18.2 Å². The molecule has 2 rings (SSSR count). The summed E-state index contributed by atoms with van der Waals surface area (Å²) in [7, 11) is 1.84. The van der Waals surface area contributed by atoms with Crippen LogP contribution in [0.3, 0.4) is 0 Å². The Morgan fingerprint density at radius 2 is 1.77 bits per heavy atom. The Morgan fingerprint density at radius 1 is 1.07 bits per heavy atom. The van der Waals surface area contributed by atoms with Crippen molar-refractivity contribution in [3.63, 3.8) is 0 Å². The van der Waals surface area contributed by atoms with Crippen molar-refractivity contribution in [1.82, 2.24) is 14.7 Å². The van der Waals surface area contributed by atoms with Crippen LogP contribution in [0, 0.1) is 0 Å². The average Bonchev–Trinajstić information content (AvgIpc) is 3.24. The number of hydrogen-bond donors (Lipinski definition) is 0. The maximum Gasteiger partial charge on any atom is 0.419 e. The van der Waals surface area contributed by atoms with E-state index in [1.165, 1.54) is 12.3 Å². The number of amidine groups is 1. The highest BCUT2D eigenvalue weighted by Gasteiger charge is 2.36. The number of alkyl halides is 3. The van der Waals surface area contributed by atoms with Crippen LogP contribution in [0.1, 0.15) is 40.5 Å². The first-order valence-electron chi connectivity index (χ1n) is 13.2. The Bertz CT molecular complexity index is 1160. The topological polar surface area (TPSA) is 59.2 Å². The summed E-state index contributed by atoms with van der Waals surface area (Å²) < 4.78 is 41.1. The molecule has 1 aliphatic carbocycles. The van der Waals surface area contributed by atoms with E-state index in [1.807, 2.05) is 49.8 Å². The second-order valence-corrected chi connectivity index (χ2v) is 9.93. The Balaban J connectivity index is 2.39. The van der Waals surface area contributed by atoms with E-state index in [0.29, 0.717) is 73.0 Å². The molecular weight excluding hydrogens is 562 g/mol. The molecule has 0 saturated heterocycles. The monoisotopic (exact) mass is 599 g/mol. The lowest BCUT2D eigenvalue weighted by Gasteiger charge is -2.27. The third kappa shape index (κ3) is 9.17. The van der Waals surface area contributed by atoms with Gasteiger partial charge in [-0.05, 0) is 53.1 Å². The van der Waals surface area contributed by atoms with Crippen molar-refractivity contribution in [1.29, 1.82) is 0 Å². The van der Waals surface area contributed by atoms with Crippen LogP contribution in [0.4, 0.5) is 13.2 Å². The summed E-state index contributed by atoms with van der Waals surface area (Å²) in [6, 6.07) is 0. The molecule has 0 N–H and O–H groups in total. The van der Waals surface area contributed by atoms with Gasteiger partial charge in [-0.1, -0.05) is 41.4 Å². The Labute approximate surface area is 245 Å². The molecule has 2 aliphatic rings. The smallest absolute Gasteiger partial charge is 0.355 e. The van der Waals surface area contributed by atoms with E-state index in [0.717, 1.165) is 11.6 Å². The fourth-order valence-corrected chi connectivity index (χ4v) is 4.53. The minimum Gasteiger partial charge on any atom is -0.355 e. The van der Waals surface area contributed by atoms with Gasteiger partial charge in [0.2, 0.25) is 5.96 Å². The molecule has 0 fully saturated rings. The molecule has 0 amide bonds. The van der Waals surface area contributed by atoms with Crippen LogP contribution in [0.25, 0.3) is 0 Å². The van der Waals surface area contributed by atoms with Crippen LogP contribution in [0.5, 0.6) is 0 Å². The summed E-state index contributed by atoms with van der Waals surface area (Å²) in [4.78, 5) is 23.2. The number of rotatable bonds is 10. The van der Waals surface area contributed by atoms with Gasteiger partial charge in [-0.15, -0.1) is 0 Å². The van der Waals surface area contributed by atoms with Gasteiger partial charge in [-0.25, -0.2) is 9.98 Å². The standard InChI is InChI=1S/C28H38Cl2F3N7/c1-7-39(8-2)27(34-5)37-25(23-20(4)13-12-15-22(29)24(23)30)36-19-38(6)17-18-40(9-3)26-21(28(31,32)33)14-10-11-16-35-26/h10,12-14,16H,5,7-9,11,15,17-19H2,1-4,6H3/b36-25-,37-27?. The summed E-state index contributed by atoms with van der Waals surface area (Å²) in [6.45, 7) is 14.0. The zero-order valence-corrected chi connectivity index (χ0v) is 25.3. The number of nitrogens with zero attached hydrogens (tertiary/aromatic N) is 7. The fraction of sp³-hybridized carbons (Fsp3) is 0.500. The molecule has 0 spiro atoms. The maximum absolute atomic E-state index is 13.7. The van der Waals surface area contributed by atoms with Gasteiger partial charge in [0.25, 0.3) is 0 Å². The highest BCUT2D eigenvalue weighted by molar-refractivity contribution is 6.43. The van der Waals surface area contributed by atoms with Gasteiger partial charge in [0.1, 0.15) is 5.82 Å². The third-order valence-electron chi connectivity index (χ3n) is 6.31. The highest BCUT2D eigenvalue weighted by atomic mass is 35.5. The van der Waals surface area contributed by atoms with Crippen LogP contribution >= 0.6 is 23.2 Å². The molecule has 220 valence electrons. The van der Waals surface area contributed by atoms with Gasteiger partial charge in [-0.3, -0.25) is 9.89 Å². The summed E-state index contributed by atoms with van der Waals surface area (Å²) in [5, 5.41) is 0.836. The van der Waals surface area contributed by atoms with E-state index >= 15 is 0 Å². The molecule has 0 unspecified atom stereocenters. The van der Waals surface area contributed by atoms with E-state index in [-0.39, 0.29) is 12.5 Å². The van der Waals surface area contributed by atoms with Gasteiger partial charge in [0.15, 0.2) is 5.84 Å². The highest BCUT2D eigenvalue weighted by Crippen LogP contribution is 2.33. The van der Waals surface area contributed by atoms with Gasteiger partial charge in [0, 0.05) is 62.4 Å². The number of aliphatic imine (C=N–C) groups is 4. The number of halogens is 5. The van der Waals surface area contributed by atoms with Crippen molar-refractivity contribution >= 4 is 47.9 Å². The number of hydrogen-bond acceptors (Lipinski definition) is 4. The predicted molar refractivity (Wildman–Crippen MR) is 163 cm³/mol. The molecule has 0 bridgehead atoms. The molecule has 12 heteroatoms. The van der Waals surface area contributed by atoms with Crippen molar-refractivity contribution in [2.45, 2.75) is 46.7 Å². The van der Waals surface area contributed by atoms with Crippen molar-refractivity contribution < 1.29 is 13.2 Å². The quantitative estimate of drug-likeness (QED) is 0.206. The zero-order chi connectivity index (χ0) is 29.9. The molecule has 0 saturated carbocycles. The van der Waals surface area contributed by atoms with Crippen molar-refractivity contribution in [3.8, 4) is 0 Å². The van der Waals surface area contributed by atoms with E-state index in [9.17, 15) is 13.2 Å². The summed E-state index contributed by atoms with van der Waals surface area (Å²) in [5.41, 5.74) is 0.692. The van der Waals surface area contributed by atoms with E-state index in [1.54, 1.807) is 11.8 Å². The molecule has 0 aromatic rings. The van der Waals surface area contributed by atoms with Gasteiger partial charge >= 0.3 is 6.18 Å². The summed E-state index contributed by atoms with van der Waals surface area (Å²) >= 11 is 13.1. The summed E-state index contributed by atoms with van der Waals surface area (Å²) in [5.74, 6) is 0.675. The molecule has 0 radical (unpaired) electrons.